The van der Waals surface area contributed by atoms with Crippen LogP contribution in [0.15, 0.2) is 28.3 Å². The Hall–Kier alpha value is -3.78. The maximum Gasteiger partial charge on any atom is 0.425 e. The molecule has 3 heterocycles. The van der Waals surface area contributed by atoms with Gasteiger partial charge >= 0.3 is 24.2 Å². The lowest BCUT2D eigenvalue weighted by atomic mass is 9.89. The van der Waals surface area contributed by atoms with Gasteiger partial charge in [-0.1, -0.05) is 23.4 Å². The number of hydrogen-bond acceptors (Lipinski definition) is 12. The molecule has 1 saturated heterocycles. The van der Waals surface area contributed by atoms with Crippen molar-refractivity contribution in [3.63, 3.8) is 0 Å². The number of nitrogens with zero attached hydrogens (tertiary/aromatic N) is 4. The number of hydrogen-bond donors (Lipinski definition) is 1. The Morgan fingerprint density at radius 3 is 2.00 bits per heavy atom. The average molecular weight is 736 g/mol. The second kappa shape index (κ2) is 15.6. The summed E-state index contributed by atoms with van der Waals surface area (Å²) in [7, 11) is 0. The number of anilines is 2. The number of rotatable bonds is 7. The Morgan fingerprint density at radius 2 is 1.50 bits per heavy atom. The van der Waals surface area contributed by atoms with Gasteiger partial charge in [0.2, 0.25) is 0 Å². The summed E-state index contributed by atoms with van der Waals surface area (Å²) in [6, 6.07) is 3.48. The van der Waals surface area contributed by atoms with Gasteiger partial charge in [0, 0.05) is 29.7 Å². The van der Waals surface area contributed by atoms with Crippen molar-refractivity contribution in [3.05, 3.63) is 34.6 Å². The molecule has 276 valence electrons. The number of aromatic nitrogens is 2. The third-order valence-corrected chi connectivity index (χ3v) is 8.68. The minimum absolute atomic E-state index is 0.0232. The maximum absolute atomic E-state index is 13.3. The van der Waals surface area contributed by atoms with Crippen molar-refractivity contribution in [1.29, 1.82) is 0 Å². The molecule has 3 rings (SSSR count). The van der Waals surface area contributed by atoms with Crippen molar-refractivity contribution >= 4 is 59.1 Å². The fourth-order valence-electron chi connectivity index (χ4n) is 4.81. The molecule has 50 heavy (non-hydrogen) atoms. The topological polar surface area (TPSA) is 149 Å². The second-order valence-corrected chi connectivity index (χ2v) is 16.6. The number of carbonyl (C=O) groups is 4. The Balaban J connectivity index is 1.97. The zero-order valence-electron chi connectivity index (χ0n) is 31.1. The summed E-state index contributed by atoms with van der Waals surface area (Å²) in [6.07, 6.45) is 0.113. The van der Waals surface area contributed by atoms with Gasteiger partial charge in [0.1, 0.15) is 21.8 Å². The minimum atomic E-state index is -1.01. The van der Waals surface area contributed by atoms with Crippen LogP contribution in [0.2, 0.25) is 5.02 Å². The summed E-state index contributed by atoms with van der Waals surface area (Å²) in [6.45, 7) is 22.2. The molecule has 2 aromatic heterocycles. The van der Waals surface area contributed by atoms with Crippen LogP contribution in [0.5, 0.6) is 0 Å². The normalized spacial score (nSPS) is 14.8. The van der Waals surface area contributed by atoms with Crippen LogP contribution in [0.1, 0.15) is 105 Å². The summed E-state index contributed by atoms with van der Waals surface area (Å²) >= 11 is 7.97. The fraction of sp³-hybridized carbons (Fsp3) is 0.600. The van der Waals surface area contributed by atoms with Gasteiger partial charge in [-0.05, 0) is 114 Å². The molecule has 1 aliphatic rings. The predicted molar refractivity (Wildman–Crippen MR) is 192 cm³/mol. The number of ether oxygens (including phenoxy) is 4. The van der Waals surface area contributed by atoms with Crippen LogP contribution in [-0.4, -0.2) is 76.3 Å². The average Bonchev–Trinajstić information content (AvgIpc) is 2.93. The van der Waals surface area contributed by atoms with E-state index < -0.39 is 46.6 Å². The summed E-state index contributed by atoms with van der Waals surface area (Å²) in [4.78, 5) is 64.5. The van der Waals surface area contributed by atoms with Gasteiger partial charge in [0.15, 0.2) is 11.5 Å². The van der Waals surface area contributed by atoms with E-state index in [0.717, 1.165) is 17.3 Å². The van der Waals surface area contributed by atoms with Crippen molar-refractivity contribution in [3.8, 4) is 0 Å². The van der Waals surface area contributed by atoms with Crippen LogP contribution in [0, 0.1) is 6.92 Å². The van der Waals surface area contributed by atoms with Crippen LogP contribution in [0.3, 0.4) is 0 Å². The molecule has 0 radical (unpaired) electrons. The Bertz CT molecular complexity index is 1560. The molecule has 0 atom stereocenters. The van der Waals surface area contributed by atoms with Gasteiger partial charge in [0.05, 0.1) is 17.3 Å². The molecule has 0 saturated carbocycles. The number of nitrogens with one attached hydrogen (secondary N) is 1. The lowest BCUT2D eigenvalue weighted by Gasteiger charge is -2.41. The summed E-state index contributed by atoms with van der Waals surface area (Å²) in [5.41, 5.74) is -1.50. The van der Waals surface area contributed by atoms with E-state index in [1.807, 2.05) is 40.7 Å². The monoisotopic (exact) mass is 735 g/mol. The molecule has 13 nitrogen and oxygen atoms in total. The van der Waals surface area contributed by atoms with Crippen LogP contribution in [0.4, 0.5) is 25.9 Å². The highest BCUT2D eigenvalue weighted by Crippen LogP contribution is 2.40. The number of esters is 1. The number of carbonyl (C=O) groups excluding carboxylic acids is 4. The SMILES string of the molecule is CCOC(=O)c1nc(Sc2ccnc(N(C(=O)OC(C)(C)C)C(=O)OC(C)(C)C)c2Cl)c(C)cc1N1CCC(C)(NC(=O)OC(C)(C)C)CC1. The van der Waals surface area contributed by atoms with Gasteiger partial charge in [-0.15, -0.1) is 0 Å². The number of imide groups is 1. The molecular formula is C35H50ClN5O8S. The predicted octanol–water partition coefficient (Wildman–Crippen LogP) is 8.33. The van der Waals surface area contributed by atoms with E-state index in [-0.39, 0.29) is 23.1 Å². The van der Waals surface area contributed by atoms with E-state index >= 15 is 0 Å². The first kappa shape index (κ1) is 40.6. The fourth-order valence-corrected chi connectivity index (χ4v) is 6.00. The van der Waals surface area contributed by atoms with Crippen LogP contribution >= 0.6 is 23.4 Å². The van der Waals surface area contributed by atoms with E-state index in [4.69, 9.17) is 35.5 Å². The minimum Gasteiger partial charge on any atom is -0.461 e. The van der Waals surface area contributed by atoms with E-state index in [1.165, 1.54) is 6.20 Å². The third kappa shape index (κ3) is 11.4. The lowest BCUT2D eigenvalue weighted by Crippen LogP contribution is -2.54. The highest BCUT2D eigenvalue weighted by molar-refractivity contribution is 7.99. The molecule has 0 aliphatic carbocycles. The number of piperidine rings is 1. The highest BCUT2D eigenvalue weighted by Gasteiger charge is 2.37. The molecule has 1 aliphatic heterocycles. The van der Waals surface area contributed by atoms with E-state index in [1.54, 1.807) is 54.5 Å². The third-order valence-electron chi connectivity index (χ3n) is 7.03. The van der Waals surface area contributed by atoms with E-state index in [2.05, 4.69) is 15.2 Å². The van der Waals surface area contributed by atoms with Crippen molar-refractivity contribution in [2.24, 2.45) is 0 Å². The van der Waals surface area contributed by atoms with Gasteiger partial charge in [-0.25, -0.2) is 29.1 Å². The zero-order chi connectivity index (χ0) is 37.8. The van der Waals surface area contributed by atoms with Crippen molar-refractivity contribution < 1.29 is 38.1 Å². The molecular weight excluding hydrogens is 686 g/mol. The van der Waals surface area contributed by atoms with Crippen LogP contribution in [0.25, 0.3) is 0 Å². The van der Waals surface area contributed by atoms with Gasteiger partial charge < -0.3 is 29.2 Å². The van der Waals surface area contributed by atoms with Crippen molar-refractivity contribution in [2.45, 2.75) is 128 Å². The molecule has 2 aromatic rings. The first-order chi connectivity index (χ1) is 22.9. The smallest absolute Gasteiger partial charge is 0.425 e. The van der Waals surface area contributed by atoms with Crippen LogP contribution < -0.4 is 15.1 Å². The first-order valence-corrected chi connectivity index (χ1v) is 17.6. The number of aryl methyl sites for hydroxylation is 1. The maximum atomic E-state index is 13.3. The second-order valence-electron chi connectivity index (χ2n) is 15.2. The number of pyridine rings is 2. The van der Waals surface area contributed by atoms with Gasteiger partial charge in [-0.2, -0.15) is 4.90 Å². The van der Waals surface area contributed by atoms with E-state index in [9.17, 15) is 19.2 Å². The largest absolute Gasteiger partial charge is 0.461 e. The van der Waals surface area contributed by atoms with Gasteiger partial charge in [0.25, 0.3) is 0 Å². The number of alkyl carbamates (subject to hydrolysis) is 1. The zero-order valence-corrected chi connectivity index (χ0v) is 32.7. The van der Waals surface area contributed by atoms with Crippen molar-refractivity contribution in [2.75, 3.05) is 29.5 Å². The molecule has 0 spiro atoms. The standard InChI is InChI=1S/C35H50ClN5O8S/c1-13-46-28(42)25-22(40-18-15-35(12,16-19-40)39-29(43)47-32(3,4)5)20-21(2)27(38-25)50-23-14-17-37-26(24(23)36)41(30(44)48-33(6,7)8)31(45)49-34(9,10)11/h14,17,20H,13,15-16,18-19H2,1-12H3,(H,39,43). The van der Waals surface area contributed by atoms with Gasteiger partial charge in [-0.3, -0.25) is 0 Å². The Morgan fingerprint density at radius 1 is 0.960 bits per heavy atom. The molecule has 15 heteroatoms. The summed E-state index contributed by atoms with van der Waals surface area (Å²) in [5, 5.41) is 3.43. The van der Waals surface area contributed by atoms with E-state index in [0.29, 0.717) is 46.4 Å². The highest BCUT2D eigenvalue weighted by atomic mass is 35.5. The first-order valence-electron chi connectivity index (χ1n) is 16.5. The summed E-state index contributed by atoms with van der Waals surface area (Å²) in [5.74, 6) is -0.775. The molecule has 0 unspecified atom stereocenters. The molecule has 1 N–H and O–H groups in total. The quantitative estimate of drug-likeness (QED) is 0.215. The Labute approximate surface area is 304 Å². The molecule has 1 fully saturated rings. The molecule has 0 aromatic carbocycles. The molecule has 0 bridgehead atoms. The van der Waals surface area contributed by atoms with Crippen molar-refractivity contribution in [1.82, 2.24) is 15.3 Å². The number of amides is 3. The Kier molecular flexibility index (Phi) is 12.7. The van der Waals surface area contributed by atoms with Crippen LogP contribution in [-0.2, 0) is 18.9 Å². The number of halogens is 1. The summed E-state index contributed by atoms with van der Waals surface area (Å²) < 4.78 is 21.8. The lowest BCUT2D eigenvalue weighted by molar-refractivity contribution is 0.0418. The molecule has 3 amide bonds.